The fourth-order valence-electron chi connectivity index (χ4n) is 10.2. The van der Waals surface area contributed by atoms with E-state index in [9.17, 15) is 22.8 Å². The molecule has 0 spiro atoms. The van der Waals surface area contributed by atoms with Crippen molar-refractivity contribution in [2.45, 2.75) is 139 Å². The smallest absolute Gasteiger partial charge is 0.225 e. The van der Waals surface area contributed by atoms with Crippen LogP contribution in [0.4, 0.5) is 13.2 Å². The summed E-state index contributed by atoms with van der Waals surface area (Å²) in [7, 11) is 0.524. The van der Waals surface area contributed by atoms with Gasteiger partial charge in [0.25, 0.3) is 0 Å². The van der Waals surface area contributed by atoms with Crippen molar-refractivity contribution in [3.8, 4) is 0 Å². The molecule has 0 aliphatic carbocycles. The third-order valence-corrected chi connectivity index (χ3v) is 17.5. The Balaban J connectivity index is 0.000000244. The molecule has 8 aromatic rings. The number of aldehydes is 1. The number of benzene rings is 8. The van der Waals surface area contributed by atoms with Gasteiger partial charge in [-0.3, -0.25) is 19.6 Å². The molecule has 9 rings (SSSR count). The zero-order valence-corrected chi connectivity index (χ0v) is 55.2. The Morgan fingerprint density at radius 2 is 0.813 bits per heavy atom. The lowest BCUT2D eigenvalue weighted by atomic mass is 9.95. The van der Waals surface area contributed by atoms with Gasteiger partial charge in [0.2, 0.25) is 5.78 Å². The van der Waals surface area contributed by atoms with Gasteiger partial charge in [0, 0.05) is 41.7 Å². The van der Waals surface area contributed by atoms with Crippen LogP contribution in [-0.2, 0) is 36.9 Å². The van der Waals surface area contributed by atoms with E-state index in [0.717, 1.165) is 61.1 Å². The number of Topliss-reactive ketones (excluding diaryl/α,β-unsaturated/α-hetero) is 1. The van der Waals surface area contributed by atoms with Gasteiger partial charge in [0.15, 0.2) is 6.29 Å². The summed E-state index contributed by atoms with van der Waals surface area (Å²) in [6.45, 7) is 22.4. The molecule has 2 N–H and O–H groups in total. The summed E-state index contributed by atoms with van der Waals surface area (Å²) >= 11 is 0. The van der Waals surface area contributed by atoms with Crippen LogP contribution in [0.15, 0.2) is 241 Å². The summed E-state index contributed by atoms with van der Waals surface area (Å²) in [5.41, 5.74) is 16.7. The monoisotopic (exact) mass is 1250 g/mol. The first-order valence-electron chi connectivity index (χ1n) is 31.7. The van der Waals surface area contributed by atoms with Crippen molar-refractivity contribution < 1.29 is 22.8 Å². The average Bonchev–Trinajstić information content (AvgIpc) is 1.68. The zero-order chi connectivity index (χ0) is 65.0. The molecule has 11 heteroatoms. The summed E-state index contributed by atoms with van der Waals surface area (Å²) in [5, 5.41) is 0. The van der Waals surface area contributed by atoms with Crippen molar-refractivity contribution in [1.82, 2.24) is 9.34 Å². The third-order valence-electron chi connectivity index (χ3n) is 16.0. The average molecular weight is 1250 g/mol. The van der Waals surface area contributed by atoms with Crippen LogP contribution in [0.3, 0.4) is 0 Å². The number of carbonyl (C=O) groups is 2. The molecule has 7 nitrogen and oxygen atoms in total. The SMILES string of the molecule is C.CC(C)[C@@H](Cc1ccccc1)N1C=C(c2ccc(F)cc2)N([C@H](Cc2ccccc2)C(C)C)P1.CC(C)[C@@H](Cc1ccccc1)N=CC(=N[C@H](Cc1ccccc1)C(C)C)c1ccc(F)cc1.CC(C)[C@@H](N)Cc1ccccc1.O=CC(=O)c1ccc(F)cc1. The Bertz CT molecular complexity index is 3420. The number of aliphatic imine (C=N–C) groups is 2. The lowest BCUT2D eigenvalue weighted by molar-refractivity contribution is -0.104. The van der Waals surface area contributed by atoms with E-state index in [4.69, 9.17) is 15.7 Å². The van der Waals surface area contributed by atoms with Crippen molar-refractivity contribution in [3.63, 3.8) is 0 Å². The maximum absolute atomic E-state index is 13.8. The highest BCUT2D eigenvalue weighted by molar-refractivity contribution is 7.33. The molecule has 0 radical (unpaired) electrons. The highest BCUT2D eigenvalue weighted by Crippen LogP contribution is 2.47. The van der Waals surface area contributed by atoms with Gasteiger partial charge >= 0.3 is 0 Å². The second-order valence-electron chi connectivity index (χ2n) is 24.8. The molecular formula is C80H97F3N5O2P. The summed E-state index contributed by atoms with van der Waals surface area (Å²) in [4.78, 5) is 30.7. The lowest BCUT2D eigenvalue weighted by Crippen LogP contribution is -2.35. The maximum atomic E-state index is 13.8. The fraction of sp³-hybridized carbons (Fsp3) is 0.325. The largest absolute Gasteiger partial charge is 0.337 e. The van der Waals surface area contributed by atoms with Gasteiger partial charge in [0.05, 0.1) is 32.4 Å². The van der Waals surface area contributed by atoms with Crippen molar-refractivity contribution >= 4 is 38.6 Å². The van der Waals surface area contributed by atoms with E-state index in [2.05, 4.69) is 218 Å². The minimum atomic E-state index is -0.634. The second-order valence-corrected chi connectivity index (χ2v) is 26.0. The molecule has 480 valence electrons. The molecule has 6 atom stereocenters. The van der Waals surface area contributed by atoms with Crippen molar-refractivity contribution in [2.24, 2.45) is 45.3 Å². The predicted octanol–water partition coefficient (Wildman–Crippen LogP) is 19.1. The summed E-state index contributed by atoms with van der Waals surface area (Å²) in [5.74, 6) is 0.794. The van der Waals surface area contributed by atoms with Gasteiger partial charge in [-0.25, -0.2) is 13.2 Å². The van der Waals surface area contributed by atoms with Crippen LogP contribution in [0, 0.1) is 47.0 Å². The molecule has 0 saturated heterocycles. The molecule has 91 heavy (non-hydrogen) atoms. The van der Waals surface area contributed by atoms with Crippen LogP contribution in [0.25, 0.3) is 5.70 Å². The molecule has 0 saturated carbocycles. The molecule has 0 aromatic heterocycles. The van der Waals surface area contributed by atoms with E-state index in [-0.39, 0.29) is 49.0 Å². The van der Waals surface area contributed by atoms with Crippen molar-refractivity contribution in [3.05, 3.63) is 293 Å². The predicted molar refractivity (Wildman–Crippen MR) is 379 cm³/mol. The first-order valence-corrected chi connectivity index (χ1v) is 32.6. The number of carbonyl (C=O) groups excluding carboxylic acids is 2. The van der Waals surface area contributed by atoms with Gasteiger partial charge in [-0.2, -0.15) is 0 Å². The molecular weight excluding hydrogens is 1150 g/mol. The topological polar surface area (TPSA) is 91.4 Å². The highest BCUT2D eigenvalue weighted by atomic mass is 31.1. The number of halogens is 3. The molecule has 1 unspecified atom stereocenters. The third kappa shape index (κ3) is 24.9. The summed E-state index contributed by atoms with van der Waals surface area (Å²) in [6.07, 6.45) is 9.16. The first-order chi connectivity index (χ1) is 43.3. The number of hydrogen-bond acceptors (Lipinski definition) is 7. The molecule has 8 aromatic carbocycles. The Kier molecular flexibility index (Phi) is 31.3. The van der Waals surface area contributed by atoms with Crippen LogP contribution in [-0.4, -0.2) is 63.5 Å². The first kappa shape index (κ1) is 73.7. The standard InChI is InChI=1S/C30H36FN2P.C30H35FN2.C11H17N.C8H5FO2.CH4/c1-22(2)28(19-24-11-7-5-8-12-24)32-21-30(26-15-17-27(31)18-16-26)33(34-32)29(23(3)4)20-25-13-9-6-10-14-25;1-22(2)28(19-24-11-7-5-8-12-24)32-21-30(26-15-17-27(31)18-16-26)33-29(23(3)4)20-25-13-9-6-10-14-25;1-9(2)11(12)8-10-6-4-3-5-7-10;9-7-3-1-6(2-4-7)8(11)5-10;/h5-18,21-23,28-29,34H,19-20H2,1-4H3;5-18,21-23,28-29H,19-20H2,1-4H3;3-7,9,11H,8,12H2,1-2H3;1-5H;1H4/t2*28-,29-;11-;;/m110../s1. The normalized spacial score (nSPS) is 14.1. The minimum Gasteiger partial charge on any atom is -0.337 e. The van der Waals surface area contributed by atoms with E-state index in [1.54, 1.807) is 24.3 Å². The molecule has 0 bridgehead atoms. The highest BCUT2D eigenvalue weighted by Gasteiger charge is 2.35. The van der Waals surface area contributed by atoms with Crippen LogP contribution >= 0.6 is 8.88 Å². The molecule has 1 heterocycles. The van der Waals surface area contributed by atoms with Crippen molar-refractivity contribution in [2.75, 3.05) is 0 Å². The summed E-state index contributed by atoms with van der Waals surface area (Å²) in [6, 6.07) is 72.5. The quantitative estimate of drug-likeness (QED) is 0.0214. The van der Waals surface area contributed by atoms with Gasteiger partial charge in [-0.05, 0) is 168 Å². The minimum absolute atomic E-state index is 0. The number of nitrogens with two attached hydrogens (primary N) is 1. The number of ketones is 1. The van der Waals surface area contributed by atoms with Crippen LogP contribution in [0.5, 0.6) is 0 Å². The van der Waals surface area contributed by atoms with Gasteiger partial charge in [-0.15, -0.1) is 0 Å². The van der Waals surface area contributed by atoms with E-state index in [1.807, 2.05) is 36.5 Å². The molecule has 1 aliphatic heterocycles. The number of rotatable bonds is 24. The Labute approximate surface area is 544 Å². The second kappa shape index (κ2) is 38.6. The zero-order valence-electron chi connectivity index (χ0n) is 54.2. The Hall–Kier alpha value is -8.04. The fourth-order valence-corrected chi connectivity index (χ4v) is 12.0. The number of nitrogens with zero attached hydrogens (tertiary/aromatic N) is 4. The molecule has 0 amide bonds. The van der Waals surface area contributed by atoms with Crippen LogP contribution in [0.2, 0.25) is 0 Å². The van der Waals surface area contributed by atoms with E-state index >= 15 is 0 Å². The van der Waals surface area contributed by atoms with Gasteiger partial charge in [-0.1, -0.05) is 228 Å². The molecule has 0 fully saturated rings. The van der Waals surface area contributed by atoms with Gasteiger partial charge in [0.1, 0.15) is 17.5 Å². The Morgan fingerprint density at radius 1 is 0.451 bits per heavy atom. The maximum Gasteiger partial charge on any atom is 0.225 e. The van der Waals surface area contributed by atoms with Crippen LogP contribution in [0.1, 0.15) is 126 Å². The van der Waals surface area contributed by atoms with E-state index < -0.39 is 11.6 Å². The number of hydrogen-bond donors (Lipinski definition) is 1. The molecule has 1 aliphatic rings. The van der Waals surface area contributed by atoms with Crippen LogP contribution < -0.4 is 5.73 Å². The summed E-state index contributed by atoms with van der Waals surface area (Å²) < 4.78 is 44.7. The lowest BCUT2D eigenvalue weighted by Gasteiger charge is -2.37. The van der Waals surface area contributed by atoms with Gasteiger partial charge < -0.3 is 15.1 Å². The van der Waals surface area contributed by atoms with E-state index in [1.165, 1.54) is 57.8 Å². The van der Waals surface area contributed by atoms with E-state index in [0.29, 0.717) is 50.6 Å². The Morgan fingerprint density at radius 3 is 1.20 bits per heavy atom. The van der Waals surface area contributed by atoms with Crippen molar-refractivity contribution in [1.29, 1.82) is 0 Å².